The Balaban J connectivity index is 1.89. The van der Waals surface area contributed by atoms with E-state index in [2.05, 4.69) is 44.8 Å². The van der Waals surface area contributed by atoms with Crippen LogP contribution in [0.5, 0.6) is 0 Å². The first-order valence-corrected chi connectivity index (χ1v) is 8.23. The summed E-state index contributed by atoms with van der Waals surface area (Å²) in [5.74, 6) is 1.47. The summed E-state index contributed by atoms with van der Waals surface area (Å²) < 4.78 is 0. The van der Waals surface area contributed by atoms with Gasteiger partial charge >= 0.3 is 0 Å². The highest BCUT2D eigenvalue weighted by molar-refractivity contribution is 5.79. The van der Waals surface area contributed by atoms with Gasteiger partial charge in [-0.05, 0) is 50.9 Å². The molecule has 1 aliphatic heterocycles. The van der Waals surface area contributed by atoms with Crippen LogP contribution in [0.2, 0.25) is 0 Å². The Labute approximate surface area is 124 Å². The van der Waals surface area contributed by atoms with E-state index in [4.69, 9.17) is 0 Å². The maximum Gasteiger partial charge on any atom is 0.225 e. The van der Waals surface area contributed by atoms with Gasteiger partial charge in [0.1, 0.15) is 0 Å². The van der Waals surface area contributed by atoms with Gasteiger partial charge < -0.3 is 10.2 Å². The minimum atomic E-state index is 0.0660. The molecule has 3 heteroatoms. The molecule has 3 nitrogen and oxygen atoms in total. The summed E-state index contributed by atoms with van der Waals surface area (Å²) in [5, 5.41) is 3.48. The molecule has 2 fully saturated rings. The van der Waals surface area contributed by atoms with Gasteiger partial charge in [-0.3, -0.25) is 4.79 Å². The van der Waals surface area contributed by atoms with E-state index in [1.54, 1.807) is 0 Å². The number of carbonyl (C=O) groups is 1. The molecule has 0 spiro atoms. The number of hydrogen-bond donors (Lipinski definition) is 1. The van der Waals surface area contributed by atoms with Gasteiger partial charge in [0.25, 0.3) is 0 Å². The molecule has 0 atom stereocenters. The minimum absolute atomic E-state index is 0.0660. The molecular formula is C17H32N2O. The number of rotatable bonds is 1. The molecule has 0 aromatic carbocycles. The molecule has 0 radical (unpaired) electrons. The zero-order chi connectivity index (χ0) is 15.0. The fourth-order valence-electron chi connectivity index (χ4n) is 3.79. The highest BCUT2D eigenvalue weighted by atomic mass is 16.2. The normalized spacial score (nSPS) is 31.1. The largest absolute Gasteiger partial charge is 0.339 e. The number of amides is 1. The van der Waals surface area contributed by atoms with Gasteiger partial charge in [-0.25, -0.2) is 0 Å². The van der Waals surface area contributed by atoms with Crippen LogP contribution in [0.4, 0.5) is 0 Å². The van der Waals surface area contributed by atoms with E-state index >= 15 is 0 Å². The molecule has 116 valence electrons. The van der Waals surface area contributed by atoms with Gasteiger partial charge in [-0.15, -0.1) is 0 Å². The van der Waals surface area contributed by atoms with Crippen LogP contribution in [0.15, 0.2) is 0 Å². The summed E-state index contributed by atoms with van der Waals surface area (Å²) in [6, 6.07) is 0. The summed E-state index contributed by atoms with van der Waals surface area (Å²) in [6.45, 7) is 14.0. The number of hydrogen-bond acceptors (Lipinski definition) is 2. The van der Waals surface area contributed by atoms with Gasteiger partial charge in [0.2, 0.25) is 5.91 Å². The summed E-state index contributed by atoms with van der Waals surface area (Å²) in [5.41, 5.74) is 0.460. The molecule has 20 heavy (non-hydrogen) atoms. The zero-order valence-corrected chi connectivity index (χ0v) is 14.0. The first kappa shape index (κ1) is 15.8. The maximum absolute atomic E-state index is 12.7. The lowest BCUT2D eigenvalue weighted by Gasteiger charge is -2.42. The number of piperazine rings is 1. The van der Waals surface area contributed by atoms with Crippen molar-refractivity contribution in [1.29, 1.82) is 0 Å². The lowest BCUT2D eigenvalue weighted by Crippen LogP contribution is -2.59. The molecule has 1 saturated carbocycles. The highest BCUT2D eigenvalue weighted by Crippen LogP contribution is 2.40. The average Bonchev–Trinajstić information content (AvgIpc) is 2.36. The van der Waals surface area contributed by atoms with Crippen molar-refractivity contribution in [2.45, 2.75) is 65.8 Å². The van der Waals surface area contributed by atoms with Crippen LogP contribution in [0.1, 0.15) is 60.3 Å². The lowest BCUT2D eigenvalue weighted by molar-refractivity contribution is -0.139. The van der Waals surface area contributed by atoms with Crippen LogP contribution in [0.25, 0.3) is 0 Å². The molecular weight excluding hydrogens is 248 g/mol. The predicted octanol–water partition coefficient (Wildman–Crippen LogP) is 3.05. The molecule has 0 aromatic heterocycles. The Morgan fingerprint density at radius 1 is 1.15 bits per heavy atom. The van der Waals surface area contributed by atoms with E-state index < -0.39 is 0 Å². The van der Waals surface area contributed by atoms with Crippen LogP contribution in [-0.2, 0) is 4.79 Å². The molecule has 1 N–H and O–H groups in total. The Kier molecular flexibility index (Phi) is 4.48. The van der Waals surface area contributed by atoms with Crippen LogP contribution >= 0.6 is 0 Å². The van der Waals surface area contributed by atoms with E-state index in [0.29, 0.717) is 11.3 Å². The summed E-state index contributed by atoms with van der Waals surface area (Å²) in [7, 11) is 0. The number of carbonyl (C=O) groups excluding carboxylic acids is 1. The second kappa shape index (κ2) is 5.67. The molecule has 1 saturated heterocycles. The van der Waals surface area contributed by atoms with Crippen molar-refractivity contribution >= 4 is 5.91 Å². The quantitative estimate of drug-likeness (QED) is 0.800. The topological polar surface area (TPSA) is 32.3 Å². The molecule has 0 aromatic rings. The van der Waals surface area contributed by atoms with Crippen molar-refractivity contribution in [3.63, 3.8) is 0 Å². The van der Waals surface area contributed by atoms with Crippen LogP contribution in [-0.4, -0.2) is 36.0 Å². The van der Waals surface area contributed by atoms with Crippen molar-refractivity contribution in [3.05, 3.63) is 0 Å². The van der Waals surface area contributed by atoms with Crippen molar-refractivity contribution in [2.75, 3.05) is 19.6 Å². The molecule has 0 bridgehead atoms. The Morgan fingerprint density at radius 3 is 2.25 bits per heavy atom. The van der Waals surface area contributed by atoms with E-state index in [1.165, 1.54) is 12.8 Å². The second-order valence-corrected chi connectivity index (χ2v) is 8.49. The van der Waals surface area contributed by atoms with Crippen LogP contribution in [0.3, 0.4) is 0 Å². The third-order valence-corrected chi connectivity index (χ3v) is 5.18. The van der Waals surface area contributed by atoms with Crippen molar-refractivity contribution < 1.29 is 4.79 Å². The molecule has 0 unspecified atom stereocenters. The highest BCUT2D eigenvalue weighted by Gasteiger charge is 2.36. The Hall–Kier alpha value is -0.570. The fourth-order valence-corrected chi connectivity index (χ4v) is 3.79. The Morgan fingerprint density at radius 2 is 1.75 bits per heavy atom. The van der Waals surface area contributed by atoms with Crippen molar-refractivity contribution in [3.8, 4) is 0 Å². The third-order valence-electron chi connectivity index (χ3n) is 5.18. The molecule has 2 aliphatic rings. The summed E-state index contributed by atoms with van der Waals surface area (Å²) in [6.07, 6.45) is 4.61. The monoisotopic (exact) mass is 280 g/mol. The summed E-state index contributed by atoms with van der Waals surface area (Å²) >= 11 is 0. The smallest absolute Gasteiger partial charge is 0.225 e. The van der Waals surface area contributed by atoms with E-state index in [-0.39, 0.29) is 11.5 Å². The molecule has 1 heterocycles. The van der Waals surface area contributed by atoms with E-state index in [9.17, 15) is 4.79 Å². The number of nitrogens with zero attached hydrogens (tertiary/aromatic N) is 1. The molecule has 2 rings (SSSR count). The van der Waals surface area contributed by atoms with Gasteiger partial charge in [-0.1, -0.05) is 20.8 Å². The van der Waals surface area contributed by atoms with Gasteiger partial charge in [0.05, 0.1) is 0 Å². The zero-order valence-electron chi connectivity index (χ0n) is 14.0. The number of nitrogens with one attached hydrogen (secondary N) is 1. The van der Waals surface area contributed by atoms with Crippen LogP contribution < -0.4 is 5.32 Å². The maximum atomic E-state index is 12.7. The Bertz CT molecular complexity index is 348. The van der Waals surface area contributed by atoms with Crippen molar-refractivity contribution in [1.82, 2.24) is 10.2 Å². The predicted molar refractivity (Wildman–Crippen MR) is 83.6 cm³/mol. The summed E-state index contributed by atoms with van der Waals surface area (Å²) in [4.78, 5) is 14.8. The van der Waals surface area contributed by atoms with Gasteiger partial charge in [-0.2, -0.15) is 0 Å². The molecule has 1 aliphatic carbocycles. The van der Waals surface area contributed by atoms with E-state index in [0.717, 1.165) is 38.4 Å². The van der Waals surface area contributed by atoms with Crippen molar-refractivity contribution in [2.24, 2.45) is 17.3 Å². The minimum Gasteiger partial charge on any atom is -0.339 e. The fraction of sp³-hybridized carbons (Fsp3) is 0.941. The lowest BCUT2D eigenvalue weighted by atomic mass is 9.69. The van der Waals surface area contributed by atoms with Gasteiger partial charge in [0, 0.05) is 31.1 Å². The van der Waals surface area contributed by atoms with E-state index in [1.807, 2.05) is 0 Å². The standard InChI is InChI=1S/C17H32N2O/c1-16(2,3)14-8-6-13(7-9-14)15(20)19-11-10-18-17(4,5)12-19/h13-14,18H,6-12H2,1-5H3. The third kappa shape index (κ3) is 3.75. The van der Waals surface area contributed by atoms with Crippen LogP contribution in [0, 0.1) is 17.3 Å². The molecule has 1 amide bonds. The first-order valence-electron chi connectivity index (χ1n) is 8.23. The second-order valence-electron chi connectivity index (χ2n) is 8.49. The first-order chi connectivity index (χ1) is 9.19. The SMILES string of the molecule is CC1(C)CN(C(=O)C2CCC(C(C)(C)C)CC2)CCN1. The average molecular weight is 280 g/mol. The van der Waals surface area contributed by atoms with Gasteiger partial charge in [0.15, 0.2) is 0 Å².